The topological polar surface area (TPSA) is 79.0 Å². The standard InChI is InChI=1S/C27H29F2N3O4/c1-17(19-8-5-9-19)31(15-18-6-3-2-4-7-18)23(33)16-32-24(34)27(30-26(32)35)13-12-20-14-21(36-25(28)29)10-11-22(20)27/h2-4,6-7,10-11,14,17,19,25H,5,8-9,12-13,15-16H2,1H3,(H,30,35). The lowest BCUT2D eigenvalue weighted by atomic mass is 9.79. The number of alkyl halides is 2. The smallest absolute Gasteiger partial charge is 0.387 e. The molecule has 0 radical (unpaired) electrons. The molecule has 1 saturated carbocycles. The van der Waals surface area contributed by atoms with Crippen LogP contribution in [0.4, 0.5) is 13.6 Å². The number of carbonyl (C=O) groups is 3. The van der Waals surface area contributed by atoms with Gasteiger partial charge in [0, 0.05) is 12.6 Å². The second kappa shape index (κ2) is 9.52. The van der Waals surface area contributed by atoms with Crippen LogP contribution in [0.5, 0.6) is 5.75 Å². The van der Waals surface area contributed by atoms with E-state index in [1.54, 1.807) is 11.0 Å². The molecule has 4 amide bonds. The number of benzene rings is 2. The summed E-state index contributed by atoms with van der Waals surface area (Å²) in [5.41, 5.74) is 0.915. The third-order valence-electron chi connectivity index (χ3n) is 7.84. The zero-order valence-electron chi connectivity index (χ0n) is 20.1. The van der Waals surface area contributed by atoms with E-state index < -0.39 is 24.1 Å². The van der Waals surface area contributed by atoms with Gasteiger partial charge in [0.2, 0.25) is 5.91 Å². The first-order valence-corrected chi connectivity index (χ1v) is 12.3. The molecule has 190 valence electrons. The number of halogens is 2. The molecule has 1 heterocycles. The molecule has 1 N–H and O–H groups in total. The van der Waals surface area contributed by atoms with Gasteiger partial charge < -0.3 is 15.0 Å². The van der Waals surface area contributed by atoms with E-state index in [4.69, 9.17) is 0 Å². The molecule has 2 fully saturated rings. The second-order valence-corrected chi connectivity index (χ2v) is 9.86. The molecule has 2 aromatic rings. The molecule has 2 aliphatic carbocycles. The van der Waals surface area contributed by atoms with Crippen LogP contribution in [-0.4, -0.2) is 46.8 Å². The second-order valence-electron chi connectivity index (χ2n) is 9.86. The first-order chi connectivity index (χ1) is 17.3. The molecule has 2 aromatic carbocycles. The van der Waals surface area contributed by atoms with Crippen LogP contribution in [0.3, 0.4) is 0 Å². The number of fused-ring (bicyclic) bond motifs is 2. The Labute approximate surface area is 208 Å². The fourth-order valence-electron chi connectivity index (χ4n) is 5.59. The molecular formula is C27H29F2N3O4. The molecule has 9 heteroatoms. The molecule has 0 aromatic heterocycles. The highest BCUT2D eigenvalue weighted by atomic mass is 19.3. The molecule has 7 nitrogen and oxygen atoms in total. The summed E-state index contributed by atoms with van der Waals surface area (Å²) in [6, 6.07) is 13.4. The molecule has 2 unspecified atom stereocenters. The maximum absolute atomic E-state index is 13.6. The Morgan fingerprint density at radius 1 is 1.19 bits per heavy atom. The molecule has 1 spiro atoms. The summed E-state index contributed by atoms with van der Waals surface area (Å²) >= 11 is 0. The number of carbonyl (C=O) groups excluding carboxylic acids is 3. The zero-order chi connectivity index (χ0) is 25.4. The highest BCUT2D eigenvalue weighted by molar-refractivity contribution is 6.10. The van der Waals surface area contributed by atoms with Crippen molar-refractivity contribution in [1.82, 2.24) is 15.1 Å². The predicted octanol–water partition coefficient (Wildman–Crippen LogP) is 4.20. The number of hydrogen-bond acceptors (Lipinski definition) is 4. The first kappa shape index (κ1) is 24.2. The Kier molecular flexibility index (Phi) is 6.40. The number of amides is 4. The van der Waals surface area contributed by atoms with E-state index in [0.29, 0.717) is 36.4 Å². The lowest BCUT2D eigenvalue weighted by molar-refractivity contribution is -0.142. The maximum atomic E-state index is 13.6. The van der Waals surface area contributed by atoms with Crippen LogP contribution in [0.25, 0.3) is 0 Å². The van der Waals surface area contributed by atoms with Gasteiger partial charge >= 0.3 is 12.6 Å². The molecular weight excluding hydrogens is 468 g/mol. The molecule has 36 heavy (non-hydrogen) atoms. The SMILES string of the molecule is CC(C1CCC1)N(Cc1ccccc1)C(=O)CN1C(=O)NC2(CCc3cc(OC(F)F)ccc32)C1=O. The van der Waals surface area contributed by atoms with Gasteiger partial charge in [-0.2, -0.15) is 8.78 Å². The number of nitrogens with one attached hydrogen (secondary N) is 1. The van der Waals surface area contributed by atoms with Crippen molar-refractivity contribution >= 4 is 17.8 Å². The van der Waals surface area contributed by atoms with E-state index in [1.807, 2.05) is 37.3 Å². The van der Waals surface area contributed by atoms with Crippen LogP contribution in [-0.2, 0) is 28.1 Å². The number of rotatable bonds is 8. The van der Waals surface area contributed by atoms with Gasteiger partial charge in [0.1, 0.15) is 17.8 Å². The highest BCUT2D eigenvalue weighted by Crippen LogP contribution is 2.43. The summed E-state index contributed by atoms with van der Waals surface area (Å²) in [4.78, 5) is 42.8. The molecule has 5 rings (SSSR count). The Hall–Kier alpha value is -3.49. The monoisotopic (exact) mass is 497 g/mol. The third-order valence-corrected chi connectivity index (χ3v) is 7.84. The van der Waals surface area contributed by atoms with Crippen molar-refractivity contribution in [1.29, 1.82) is 0 Å². The van der Waals surface area contributed by atoms with E-state index in [0.717, 1.165) is 29.7 Å². The Morgan fingerprint density at radius 3 is 2.61 bits per heavy atom. The summed E-state index contributed by atoms with van der Waals surface area (Å²) in [6.45, 7) is -0.862. The summed E-state index contributed by atoms with van der Waals surface area (Å²) in [5.74, 6) is -0.361. The number of imide groups is 1. The quantitative estimate of drug-likeness (QED) is 0.555. The van der Waals surface area contributed by atoms with E-state index in [1.165, 1.54) is 12.1 Å². The van der Waals surface area contributed by atoms with Crippen LogP contribution >= 0.6 is 0 Å². The van der Waals surface area contributed by atoms with Crippen LogP contribution in [0.15, 0.2) is 48.5 Å². The van der Waals surface area contributed by atoms with Crippen molar-refractivity contribution in [2.75, 3.05) is 6.54 Å². The fourth-order valence-corrected chi connectivity index (χ4v) is 5.59. The lowest BCUT2D eigenvalue weighted by Crippen LogP contribution is -2.49. The van der Waals surface area contributed by atoms with Gasteiger partial charge in [-0.1, -0.05) is 42.8 Å². The van der Waals surface area contributed by atoms with Crippen molar-refractivity contribution in [2.45, 2.75) is 63.8 Å². The van der Waals surface area contributed by atoms with Crippen LogP contribution in [0.1, 0.15) is 49.3 Å². The molecule has 2 atom stereocenters. The minimum atomic E-state index is -2.95. The van der Waals surface area contributed by atoms with Crippen molar-refractivity contribution in [2.24, 2.45) is 5.92 Å². The van der Waals surface area contributed by atoms with Gasteiger partial charge in [-0.3, -0.25) is 14.5 Å². The van der Waals surface area contributed by atoms with Crippen LogP contribution in [0, 0.1) is 5.92 Å². The highest BCUT2D eigenvalue weighted by Gasteiger charge is 2.56. The van der Waals surface area contributed by atoms with Crippen molar-refractivity contribution in [3.63, 3.8) is 0 Å². The maximum Gasteiger partial charge on any atom is 0.387 e. The number of hydrogen-bond donors (Lipinski definition) is 1. The molecule has 0 bridgehead atoms. The molecule has 1 aliphatic heterocycles. The number of urea groups is 1. The summed E-state index contributed by atoms with van der Waals surface area (Å²) in [7, 11) is 0. The average molecular weight is 498 g/mol. The van der Waals surface area contributed by atoms with Gasteiger partial charge in [0.05, 0.1) is 0 Å². The molecule has 3 aliphatic rings. The minimum absolute atomic E-state index is 0.00569. The van der Waals surface area contributed by atoms with E-state index >= 15 is 0 Å². The lowest BCUT2D eigenvalue weighted by Gasteiger charge is -2.39. The first-order valence-electron chi connectivity index (χ1n) is 12.3. The van der Waals surface area contributed by atoms with Crippen LogP contribution < -0.4 is 10.1 Å². The summed E-state index contributed by atoms with van der Waals surface area (Å²) in [6.07, 6.45) is 3.96. The molecule has 1 saturated heterocycles. The predicted molar refractivity (Wildman–Crippen MR) is 127 cm³/mol. The number of nitrogens with zero attached hydrogens (tertiary/aromatic N) is 2. The van der Waals surface area contributed by atoms with E-state index in [-0.39, 0.29) is 24.2 Å². The van der Waals surface area contributed by atoms with Crippen molar-refractivity contribution in [3.05, 3.63) is 65.2 Å². The van der Waals surface area contributed by atoms with E-state index in [9.17, 15) is 23.2 Å². The van der Waals surface area contributed by atoms with Gasteiger partial charge in [0.15, 0.2) is 0 Å². The average Bonchev–Trinajstić information content (AvgIpc) is 3.28. The van der Waals surface area contributed by atoms with E-state index in [2.05, 4.69) is 10.1 Å². The minimum Gasteiger partial charge on any atom is -0.435 e. The Bertz CT molecular complexity index is 1170. The number of ether oxygens (including phenoxy) is 1. The summed E-state index contributed by atoms with van der Waals surface area (Å²) < 4.78 is 29.7. The van der Waals surface area contributed by atoms with Crippen molar-refractivity contribution in [3.8, 4) is 5.75 Å². The normalized spacial score (nSPS) is 21.9. The van der Waals surface area contributed by atoms with Gasteiger partial charge in [-0.05, 0) is 67.3 Å². The van der Waals surface area contributed by atoms with Gasteiger partial charge in [-0.15, -0.1) is 0 Å². The number of aryl methyl sites for hydroxylation is 1. The van der Waals surface area contributed by atoms with Crippen LogP contribution in [0.2, 0.25) is 0 Å². The third kappa shape index (κ3) is 4.31. The largest absolute Gasteiger partial charge is 0.435 e. The summed E-state index contributed by atoms with van der Waals surface area (Å²) in [5, 5.41) is 2.79. The Balaban J connectivity index is 1.35. The Morgan fingerprint density at radius 2 is 1.94 bits per heavy atom. The van der Waals surface area contributed by atoms with Crippen molar-refractivity contribution < 1.29 is 27.9 Å². The van der Waals surface area contributed by atoms with Gasteiger partial charge in [-0.25, -0.2) is 4.79 Å². The van der Waals surface area contributed by atoms with Gasteiger partial charge in [0.25, 0.3) is 5.91 Å². The zero-order valence-corrected chi connectivity index (χ0v) is 20.1. The fraction of sp³-hybridized carbons (Fsp3) is 0.444.